The summed E-state index contributed by atoms with van der Waals surface area (Å²) in [5, 5.41) is 0.101. The molecule has 0 spiro atoms. The Hall–Kier alpha value is -1.92. The topological polar surface area (TPSA) is 70.0 Å². The van der Waals surface area contributed by atoms with E-state index in [2.05, 4.69) is 6.58 Å². The average molecular weight is 366 g/mol. The number of carbonyl (C=O) groups is 1. The van der Waals surface area contributed by atoms with Crippen LogP contribution in [0.15, 0.2) is 41.7 Å². The highest BCUT2D eigenvalue weighted by atomic mass is 35.5. The molecular weight excluding hydrogens is 346 g/mol. The molecule has 5 nitrogen and oxygen atoms in total. The van der Waals surface area contributed by atoms with Crippen molar-refractivity contribution < 1.29 is 4.79 Å². The maximum atomic E-state index is 13.0. The summed E-state index contributed by atoms with van der Waals surface area (Å²) in [6.45, 7) is 7.42. The van der Waals surface area contributed by atoms with Gasteiger partial charge in [0.2, 0.25) is 0 Å². The van der Waals surface area contributed by atoms with Crippen LogP contribution in [0.3, 0.4) is 0 Å². The number of hydrogen-bond acceptors (Lipinski definition) is 4. The van der Waals surface area contributed by atoms with Crippen LogP contribution in [0.2, 0.25) is 5.02 Å². The monoisotopic (exact) mass is 365 g/mol. The third-order valence-electron chi connectivity index (χ3n) is 3.77. The summed E-state index contributed by atoms with van der Waals surface area (Å²) in [6.07, 6.45) is 2.31. The van der Waals surface area contributed by atoms with E-state index in [0.717, 1.165) is 11.8 Å². The van der Waals surface area contributed by atoms with Gasteiger partial charge in [0.1, 0.15) is 5.82 Å². The SMILES string of the molecule is C=CCSC(=O)n1c(N)c(-c2ccccc2Cl)c(=O)n1C(C)CC. The summed E-state index contributed by atoms with van der Waals surface area (Å²) in [4.78, 5) is 25.5. The van der Waals surface area contributed by atoms with Crippen LogP contribution >= 0.6 is 23.4 Å². The number of anilines is 1. The fourth-order valence-electron chi connectivity index (χ4n) is 2.40. The van der Waals surface area contributed by atoms with Gasteiger partial charge in [-0.15, -0.1) is 6.58 Å². The van der Waals surface area contributed by atoms with Crippen LogP contribution in [-0.2, 0) is 0 Å². The zero-order valence-electron chi connectivity index (χ0n) is 13.7. The molecule has 0 fully saturated rings. The van der Waals surface area contributed by atoms with E-state index in [1.54, 1.807) is 30.3 Å². The van der Waals surface area contributed by atoms with Crippen molar-refractivity contribution in [3.05, 3.63) is 52.3 Å². The minimum atomic E-state index is -0.317. The lowest BCUT2D eigenvalue weighted by molar-refractivity contribution is 0.253. The van der Waals surface area contributed by atoms with Crippen LogP contribution in [0.1, 0.15) is 26.3 Å². The molecule has 2 N–H and O–H groups in total. The van der Waals surface area contributed by atoms with Crippen molar-refractivity contribution in [2.75, 3.05) is 11.5 Å². The molecule has 24 heavy (non-hydrogen) atoms. The van der Waals surface area contributed by atoms with E-state index in [1.165, 1.54) is 9.36 Å². The fraction of sp³-hybridized carbons (Fsp3) is 0.294. The Kier molecular flexibility index (Phi) is 5.96. The number of halogens is 1. The maximum absolute atomic E-state index is 13.0. The second kappa shape index (κ2) is 7.77. The molecule has 1 heterocycles. The first-order valence-electron chi connectivity index (χ1n) is 7.59. The van der Waals surface area contributed by atoms with Crippen molar-refractivity contribution >= 4 is 34.4 Å². The number of rotatable bonds is 5. The van der Waals surface area contributed by atoms with Gasteiger partial charge >= 0.3 is 5.24 Å². The molecule has 1 aromatic heterocycles. The number of carbonyl (C=O) groups excluding carboxylic acids is 1. The molecule has 0 aliphatic carbocycles. The quantitative estimate of drug-likeness (QED) is 0.796. The van der Waals surface area contributed by atoms with E-state index >= 15 is 0 Å². The Balaban J connectivity index is 2.73. The summed E-state index contributed by atoms with van der Waals surface area (Å²) in [6, 6.07) is 6.79. The third-order valence-corrected chi connectivity index (χ3v) is 4.92. The highest BCUT2D eigenvalue weighted by Crippen LogP contribution is 2.31. The number of nitrogens with zero attached hydrogens (tertiary/aromatic N) is 2. The van der Waals surface area contributed by atoms with Gasteiger partial charge in [0.25, 0.3) is 5.56 Å². The smallest absolute Gasteiger partial charge is 0.306 e. The summed E-state index contributed by atoms with van der Waals surface area (Å²) in [5.41, 5.74) is 6.66. The lowest BCUT2D eigenvalue weighted by atomic mass is 10.1. The zero-order valence-corrected chi connectivity index (χ0v) is 15.2. The van der Waals surface area contributed by atoms with Crippen LogP contribution in [-0.4, -0.2) is 20.4 Å². The highest BCUT2D eigenvalue weighted by molar-refractivity contribution is 8.13. The second-order valence-electron chi connectivity index (χ2n) is 5.32. The van der Waals surface area contributed by atoms with Gasteiger partial charge in [-0.25, -0.2) is 4.68 Å². The molecule has 1 unspecified atom stereocenters. The average Bonchev–Trinajstić information content (AvgIpc) is 2.83. The van der Waals surface area contributed by atoms with Crippen molar-refractivity contribution in [2.45, 2.75) is 26.3 Å². The number of benzene rings is 1. The maximum Gasteiger partial charge on any atom is 0.306 e. The molecule has 0 saturated carbocycles. The van der Waals surface area contributed by atoms with Crippen molar-refractivity contribution in [3.8, 4) is 11.1 Å². The van der Waals surface area contributed by atoms with Crippen LogP contribution < -0.4 is 11.3 Å². The lowest BCUT2D eigenvalue weighted by Gasteiger charge is -2.15. The molecule has 2 aromatic rings. The van der Waals surface area contributed by atoms with Crippen LogP contribution in [0.25, 0.3) is 11.1 Å². The predicted molar refractivity (Wildman–Crippen MR) is 102 cm³/mol. The Morgan fingerprint density at radius 3 is 2.71 bits per heavy atom. The van der Waals surface area contributed by atoms with Gasteiger partial charge in [-0.3, -0.25) is 9.59 Å². The van der Waals surface area contributed by atoms with Crippen LogP contribution in [0.4, 0.5) is 10.6 Å². The number of hydrogen-bond donors (Lipinski definition) is 1. The fourth-order valence-corrected chi connectivity index (χ4v) is 3.20. The normalized spacial score (nSPS) is 12.1. The van der Waals surface area contributed by atoms with Gasteiger partial charge in [0.05, 0.1) is 11.6 Å². The highest BCUT2D eigenvalue weighted by Gasteiger charge is 2.26. The molecular formula is C17H20ClN3O2S. The van der Waals surface area contributed by atoms with Gasteiger partial charge in [-0.2, -0.15) is 4.68 Å². The Morgan fingerprint density at radius 1 is 1.46 bits per heavy atom. The molecule has 0 saturated heterocycles. The molecule has 128 valence electrons. The summed E-state index contributed by atoms with van der Waals surface area (Å²) in [7, 11) is 0. The van der Waals surface area contributed by atoms with Crippen molar-refractivity contribution in [3.63, 3.8) is 0 Å². The van der Waals surface area contributed by atoms with Gasteiger partial charge in [-0.05, 0) is 19.4 Å². The first-order valence-corrected chi connectivity index (χ1v) is 8.96. The van der Waals surface area contributed by atoms with Gasteiger partial charge in [0.15, 0.2) is 0 Å². The number of thioether (sulfide) groups is 1. The molecule has 0 radical (unpaired) electrons. The number of aromatic nitrogens is 2. The van der Waals surface area contributed by atoms with E-state index in [-0.39, 0.29) is 28.2 Å². The Bertz CT molecular complexity index is 826. The Morgan fingerprint density at radius 2 is 2.12 bits per heavy atom. The van der Waals surface area contributed by atoms with Crippen molar-refractivity contribution in [1.82, 2.24) is 9.36 Å². The Labute approximate surface area is 150 Å². The molecule has 7 heteroatoms. The largest absolute Gasteiger partial charge is 0.383 e. The van der Waals surface area contributed by atoms with E-state index in [1.807, 2.05) is 13.8 Å². The molecule has 2 rings (SSSR count). The standard InChI is InChI=1S/C17H20ClN3O2S/c1-4-10-24-17(23)21-15(19)14(12-8-6-7-9-13(12)18)16(22)20(21)11(3)5-2/h4,6-9,11H,1,5,10,19H2,2-3H3. The first-order chi connectivity index (χ1) is 11.4. The minimum absolute atomic E-state index is 0.106. The van der Waals surface area contributed by atoms with Gasteiger partial charge in [0, 0.05) is 16.3 Å². The minimum Gasteiger partial charge on any atom is -0.383 e. The predicted octanol–water partition coefficient (Wildman–Crippen LogP) is 4.41. The first kappa shape index (κ1) is 18.4. The molecule has 0 bridgehead atoms. The molecule has 0 aliphatic heterocycles. The molecule has 0 aliphatic rings. The van der Waals surface area contributed by atoms with Gasteiger partial charge in [-0.1, -0.05) is 54.6 Å². The zero-order chi connectivity index (χ0) is 17.9. The van der Waals surface area contributed by atoms with E-state index < -0.39 is 0 Å². The second-order valence-corrected chi connectivity index (χ2v) is 6.70. The number of nitrogen functional groups attached to an aromatic ring is 1. The molecule has 0 amide bonds. The summed E-state index contributed by atoms with van der Waals surface area (Å²) >= 11 is 7.27. The van der Waals surface area contributed by atoms with Crippen LogP contribution in [0, 0.1) is 0 Å². The van der Waals surface area contributed by atoms with Gasteiger partial charge < -0.3 is 5.73 Å². The summed E-state index contributed by atoms with van der Waals surface area (Å²) < 4.78 is 2.66. The molecule has 1 atom stereocenters. The molecule has 1 aromatic carbocycles. The third kappa shape index (κ3) is 3.30. The van der Waals surface area contributed by atoms with Crippen LogP contribution in [0.5, 0.6) is 0 Å². The van der Waals surface area contributed by atoms with E-state index in [9.17, 15) is 9.59 Å². The van der Waals surface area contributed by atoms with Crippen molar-refractivity contribution in [2.24, 2.45) is 0 Å². The number of nitrogens with two attached hydrogens (primary N) is 1. The lowest BCUT2D eigenvalue weighted by Crippen LogP contribution is -2.29. The van der Waals surface area contributed by atoms with E-state index in [4.69, 9.17) is 17.3 Å². The summed E-state index contributed by atoms with van der Waals surface area (Å²) in [5.74, 6) is 0.544. The van der Waals surface area contributed by atoms with E-state index in [0.29, 0.717) is 22.8 Å². The van der Waals surface area contributed by atoms with Crippen molar-refractivity contribution in [1.29, 1.82) is 0 Å².